The molecule has 0 aromatic heterocycles. The first-order chi connectivity index (χ1) is 17.9. The Hall–Kier alpha value is -2.53. The molecular weight excluding hydrogens is 488 g/mol. The largest absolute Gasteiger partial charge is 0.481 e. The van der Waals surface area contributed by atoms with Crippen LogP contribution in [0.25, 0.3) is 0 Å². The van der Waals surface area contributed by atoms with Crippen LogP contribution in [-0.2, 0) is 14.4 Å². The fourth-order valence-corrected chi connectivity index (χ4v) is 5.20. The molecule has 0 radical (unpaired) electrons. The molecule has 39 heavy (non-hydrogen) atoms. The summed E-state index contributed by atoms with van der Waals surface area (Å²) in [6.45, 7) is 16.0. The molecule has 0 fully saturated rings. The highest BCUT2D eigenvalue weighted by molar-refractivity contribution is 6.13. The lowest BCUT2D eigenvalue weighted by molar-refractivity contribution is -0.147. The first-order valence-corrected chi connectivity index (χ1v) is 14.4. The molecule has 0 atom stereocenters. The lowest BCUT2D eigenvalue weighted by Crippen LogP contribution is -2.23. The third-order valence-corrected chi connectivity index (χ3v) is 7.75. The first-order valence-electron chi connectivity index (χ1n) is 14.4. The Bertz CT molecular complexity index is 1100. The highest BCUT2D eigenvalue weighted by atomic mass is 16.4. The number of aliphatic carboxylic acids is 1. The Morgan fingerprint density at radius 3 is 1.54 bits per heavy atom. The molecule has 0 heterocycles. The molecule has 0 aliphatic heterocycles. The van der Waals surface area contributed by atoms with Crippen molar-refractivity contribution in [1.29, 1.82) is 0 Å². The third-order valence-electron chi connectivity index (χ3n) is 7.75. The molecule has 2 aliphatic rings. The van der Waals surface area contributed by atoms with E-state index in [-0.39, 0.29) is 34.4 Å². The number of ketones is 2. The molecule has 5 heteroatoms. The average molecular weight is 539 g/mol. The summed E-state index contributed by atoms with van der Waals surface area (Å²) in [5.41, 5.74) is 1.37. The number of rotatable bonds is 14. The van der Waals surface area contributed by atoms with Gasteiger partial charge in [-0.1, -0.05) is 90.8 Å². The second-order valence-electron chi connectivity index (χ2n) is 14.1. The zero-order valence-electron chi connectivity index (χ0n) is 25.4. The van der Waals surface area contributed by atoms with Gasteiger partial charge in [-0.15, -0.1) is 0 Å². The number of Topliss-reactive ketones (excluding diaryl/α,β-unsaturated/α-hetero) is 2. The highest BCUT2D eigenvalue weighted by Crippen LogP contribution is 2.35. The number of aliphatic hydroxyl groups is 1. The lowest BCUT2D eigenvalue weighted by Gasteiger charge is -2.26. The predicted octanol–water partition coefficient (Wildman–Crippen LogP) is 7.72. The second-order valence-corrected chi connectivity index (χ2v) is 14.1. The van der Waals surface area contributed by atoms with Crippen LogP contribution in [0.3, 0.4) is 0 Å². The normalized spacial score (nSPS) is 19.5. The summed E-state index contributed by atoms with van der Waals surface area (Å²) in [6.07, 6.45) is 17.7. The molecule has 5 nitrogen and oxygen atoms in total. The Labute approximate surface area is 235 Å². The van der Waals surface area contributed by atoms with Gasteiger partial charge in [0.2, 0.25) is 0 Å². The summed E-state index contributed by atoms with van der Waals surface area (Å²) in [5, 5.41) is 18.8. The Balaban J connectivity index is 2.08. The SMILES string of the molecule is CC1(C)C=C(C=CC2=CC(C)(C)C=C(CCCCC(C)(C)C(=O)O)C2=O)C(=O)C(CCCCC(C)(C)CO)=C1. The summed E-state index contributed by atoms with van der Waals surface area (Å²) in [4.78, 5) is 38.0. The fourth-order valence-electron chi connectivity index (χ4n) is 5.20. The summed E-state index contributed by atoms with van der Waals surface area (Å²) < 4.78 is 0. The van der Waals surface area contributed by atoms with Crippen molar-refractivity contribution >= 4 is 17.5 Å². The van der Waals surface area contributed by atoms with Gasteiger partial charge in [0.25, 0.3) is 0 Å². The Morgan fingerprint density at radius 1 is 0.744 bits per heavy atom. The van der Waals surface area contributed by atoms with E-state index < -0.39 is 11.4 Å². The minimum atomic E-state index is -0.801. The van der Waals surface area contributed by atoms with Crippen molar-refractivity contribution < 1.29 is 24.6 Å². The maximum absolute atomic E-state index is 13.3. The van der Waals surface area contributed by atoms with Gasteiger partial charge in [-0.2, -0.15) is 0 Å². The van der Waals surface area contributed by atoms with Crippen molar-refractivity contribution in [2.45, 2.75) is 107 Å². The van der Waals surface area contributed by atoms with Crippen LogP contribution < -0.4 is 0 Å². The van der Waals surface area contributed by atoms with E-state index in [0.29, 0.717) is 30.4 Å². The van der Waals surface area contributed by atoms with E-state index in [9.17, 15) is 24.6 Å². The molecule has 2 aliphatic carbocycles. The quantitative estimate of drug-likeness (QED) is 0.221. The number of hydrogen-bond acceptors (Lipinski definition) is 4. The molecule has 216 valence electrons. The van der Waals surface area contributed by atoms with Crippen LogP contribution in [0.4, 0.5) is 0 Å². The summed E-state index contributed by atoms with van der Waals surface area (Å²) in [6, 6.07) is 0. The van der Waals surface area contributed by atoms with Gasteiger partial charge in [0, 0.05) is 28.6 Å². The maximum atomic E-state index is 13.3. The van der Waals surface area contributed by atoms with Gasteiger partial charge in [0.05, 0.1) is 5.41 Å². The van der Waals surface area contributed by atoms with Gasteiger partial charge in [0.15, 0.2) is 11.6 Å². The predicted molar refractivity (Wildman–Crippen MR) is 158 cm³/mol. The van der Waals surface area contributed by atoms with E-state index in [1.807, 2.05) is 18.2 Å². The van der Waals surface area contributed by atoms with Gasteiger partial charge in [-0.05, 0) is 68.9 Å². The zero-order chi connectivity index (χ0) is 29.6. The van der Waals surface area contributed by atoms with E-state index in [0.717, 1.165) is 43.3 Å². The molecule has 0 amide bonds. The molecular formula is C34H50O5. The summed E-state index contributed by atoms with van der Waals surface area (Å²) in [7, 11) is 0. The standard InChI is InChI=1S/C34H50O5/c1-31(2,23-35)17-11-9-13-24-19-32(3,4)21-26(28(24)36)15-16-27-22-33(5,6)20-25(29(27)37)14-10-12-18-34(7,8)30(38)39/h15-16,19-22,35H,9-14,17-18,23H2,1-8H3,(H,38,39). The fraction of sp³-hybridized carbons (Fsp3) is 0.618. The minimum Gasteiger partial charge on any atom is -0.481 e. The van der Waals surface area contributed by atoms with E-state index >= 15 is 0 Å². The zero-order valence-corrected chi connectivity index (χ0v) is 25.4. The Morgan fingerprint density at radius 2 is 1.15 bits per heavy atom. The topological polar surface area (TPSA) is 91.7 Å². The molecule has 2 N–H and O–H groups in total. The molecule has 2 rings (SSSR count). The molecule has 0 unspecified atom stereocenters. The molecule has 0 aromatic carbocycles. The van der Waals surface area contributed by atoms with Crippen LogP contribution >= 0.6 is 0 Å². The summed E-state index contributed by atoms with van der Waals surface area (Å²) in [5.74, 6) is -0.800. The molecule has 0 saturated heterocycles. The lowest BCUT2D eigenvalue weighted by atomic mass is 9.77. The molecule has 0 saturated carbocycles. The monoisotopic (exact) mass is 538 g/mol. The van der Waals surface area contributed by atoms with Crippen molar-refractivity contribution in [2.75, 3.05) is 6.61 Å². The number of carboxylic acids is 1. The number of unbranched alkanes of at least 4 members (excludes halogenated alkanes) is 2. The van der Waals surface area contributed by atoms with Crippen LogP contribution in [0.15, 0.2) is 58.7 Å². The van der Waals surface area contributed by atoms with Crippen molar-refractivity contribution in [3.63, 3.8) is 0 Å². The van der Waals surface area contributed by atoms with Crippen molar-refractivity contribution in [1.82, 2.24) is 0 Å². The van der Waals surface area contributed by atoms with E-state index in [1.54, 1.807) is 26.0 Å². The number of hydrogen-bond donors (Lipinski definition) is 2. The van der Waals surface area contributed by atoms with Crippen molar-refractivity contribution in [3.05, 3.63) is 58.7 Å². The van der Waals surface area contributed by atoms with Crippen LogP contribution in [0.5, 0.6) is 0 Å². The van der Waals surface area contributed by atoms with Gasteiger partial charge >= 0.3 is 5.97 Å². The third kappa shape index (κ3) is 9.86. The van der Waals surface area contributed by atoms with E-state index in [4.69, 9.17) is 0 Å². The smallest absolute Gasteiger partial charge is 0.309 e. The molecule has 0 bridgehead atoms. The highest BCUT2D eigenvalue weighted by Gasteiger charge is 2.29. The number of carbonyl (C=O) groups excluding carboxylic acids is 2. The van der Waals surface area contributed by atoms with Gasteiger partial charge in [-0.25, -0.2) is 0 Å². The summed E-state index contributed by atoms with van der Waals surface area (Å²) >= 11 is 0. The van der Waals surface area contributed by atoms with Crippen LogP contribution in [0, 0.1) is 21.7 Å². The van der Waals surface area contributed by atoms with Gasteiger partial charge in [-0.3, -0.25) is 14.4 Å². The van der Waals surface area contributed by atoms with Crippen molar-refractivity contribution in [3.8, 4) is 0 Å². The van der Waals surface area contributed by atoms with E-state index in [2.05, 4.69) is 47.6 Å². The number of allylic oxidation sites excluding steroid dienone is 10. The average Bonchev–Trinajstić information content (AvgIpc) is 2.82. The Kier molecular flexibility index (Phi) is 10.7. The first kappa shape index (κ1) is 32.7. The van der Waals surface area contributed by atoms with Gasteiger partial charge in [0.1, 0.15) is 0 Å². The van der Waals surface area contributed by atoms with Gasteiger partial charge < -0.3 is 10.2 Å². The second kappa shape index (κ2) is 12.8. The molecule has 0 aromatic rings. The molecule has 0 spiro atoms. The van der Waals surface area contributed by atoms with Crippen molar-refractivity contribution in [2.24, 2.45) is 21.7 Å². The van der Waals surface area contributed by atoms with E-state index in [1.165, 1.54) is 0 Å². The van der Waals surface area contributed by atoms with Crippen LogP contribution in [0.2, 0.25) is 0 Å². The number of carbonyl (C=O) groups is 3. The number of carboxylic acid groups (broad SMARTS) is 1. The van der Waals surface area contributed by atoms with Crippen LogP contribution in [0.1, 0.15) is 107 Å². The minimum absolute atomic E-state index is 0.0200. The number of aliphatic hydroxyl groups excluding tert-OH is 1. The van der Waals surface area contributed by atoms with Crippen LogP contribution in [-0.4, -0.2) is 34.4 Å². The maximum Gasteiger partial charge on any atom is 0.309 e.